The average Bonchev–Trinajstić information content (AvgIpc) is 2.85. The molecule has 17 heavy (non-hydrogen) atoms. The first-order chi connectivity index (χ1) is 8.20. The van der Waals surface area contributed by atoms with Crippen LogP contribution in [-0.2, 0) is 22.4 Å². The molecule has 6 heteroatoms. The first kappa shape index (κ1) is 10.5. The third-order valence-corrected chi connectivity index (χ3v) is 3.45. The fraction of sp³-hybridized carbons (Fsp3) is 0.364. The van der Waals surface area contributed by atoms with Gasteiger partial charge in [0.1, 0.15) is 11.8 Å². The summed E-state index contributed by atoms with van der Waals surface area (Å²) >= 11 is 6.06. The van der Waals surface area contributed by atoms with Gasteiger partial charge < -0.3 is 4.74 Å². The SMILES string of the molecule is COC(=O)C1Cc2cn3ncnc(Cl)c3c2C1. The van der Waals surface area contributed by atoms with E-state index >= 15 is 0 Å². The highest BCUT2D eigenvalue weighted by molar-refractivity contribution is 6.32. The molecule has 1 unspecified atom stereocenters. The van der Waals surface area contributed by atoms with Crippen molar-refractivity contribution in [3.63, 3.8) is 0 Å². The standard InChI is InChI=1S/C11H10ClN3O2/c1-17-11(16)6-2-7-4-15-9(8(7)3-6)10(12)13-5-14-15/h4-6H,2-3H2,1H3. The van der Waals surface area contributed by atoms with Crippen molar-refractivity contribution in [2.45, 2.75) is 12.8 Å². The molecular weight excluding hydrogens is 242 g/mol. The van der Waals surface area contributed by atoms with Crippen molar-refractivity contribution < 1.29 is 9.53 Å². The predicted molar refractivity (Wildman–Crippen MR) is 60.9 cm³/mol. The Labute approximate surface area is 102 Å². The smallest absolute Gasteiger partial charge is 0.309 e. The van der Waals surface area contributed by atoms with E-state index in [1.54, 1.807) is 4.52 Å². The summed E-state index contributed by atoms with van der Waals surface area (Å²) < 4.78 is 6.48. The number of carbonyl (C=O) groups is 1. The van der Waals surface area contributed by atoms with E-state index in [4.69, 9.17) is 16.3 Å². The molecule has 1 atom stereocenters. The number of methoxy groups -OCH3 is 1. The number of esters is 1. The summed E-state index contributed by atoms with van der Waals surface area (Å²) in [5.74, 6) is -0.279. The van der Waals surface area contributed by atoms with E-state index in [0.717, 1.165) is 16.6 Å². The molecular formula is C11H10ClN3O2. The van der Waals surface area contributed by atoms with Crippen LogP contribution >= 0.6 is 11.6 Å². The normalized spacial score (nSPS) is 18.4. The molecule has 0 fully saturated rings. The van der Waals surface area contributed by atoms with Crippen molar-refractivity contribution >= 4 is 23.1 Å². The van der Waals surface area contributed by atoms with Gasteiger partial charge in [0.15, 0.2) is 5.15 Å². The van der Waals surface area contributed by atoms with Crippen LogP contribution in [0.4, 0.5) is 0 Å². The molecule has 0 spiro atoms. The number of halogens is 1. The summed E-state index contributed by atoms with van der Waals surface area (Å²) in [4.78, 5) is 15.5. The maximum Gasteiger partial charge on any atom is 0.309 e. The van der Waals surface area contributed by atoms with E-state index in [2.05, 4.69) is 10.1 Å². The second kappa shape index (κ2) is 3.70. The van der Waals surface area contributed by atoms with Crippen molar-refractivity contribution in [1.82, 2.24) is 14.6 Å². The van der Waals surface area contributed by atoms with Gasteiger partial charge in [0, 0.05) is 6.20 Å². The molecule has 88 valence electrons. The Hall–Kier alpha value is -1.62. The number of hydrogen-bond donors (Lipinski definition) is 0. The van der Waals surface area contributed by atoms with Crippen LogP contribution in [0.1, 0.15) is 11.1 Å². The molecule has 0 aromatic carbocycles. The first-order valence-corrected chi connectivity index (χ1v) is 5.66. The Bertz CT molecular complexity index is 608. The van der Waals surface area contributed by atoms with Gasteiger partial charge in [0.2, 0.25) is 0 Å². The average molecular weight is 252 g/mol. The van der Waals surface area contributed by atoms with Crippen LogP contribution in [0.5, 0.6) is 0 Å². The number of hydrogen-bond acceptors (Lipinski definition) is 4. The molecule has 3 rings (SSSR count). The third kappa shape index (κ3) is 1.50. The van der Waals surface area contributed by atoms with E-state index in [-0.39, 0.29) is 11.9 Å². The molecule has 0 N–H and O–H groups in total. The maximum absolute atomic E-state index is 11.5. The van der Waals surface area contributed by atoms with Crippen molar-refractivity contribution in [2.24, 2.45) is 5.92 Å². The Morgan fingerprint density at radius 2 is 2.41 bits per heavy atom. The number of aromatic nitrogens is 3. The van der Waals surface area contributed by atoms with Crippen molar-refractivity contribution in [1.29, 1.82) is 0 Å². The molecule has 0 saturated carbocycles. The highest BCUT2D eigenvalue weighted by atomic mass is 35.5. The minimum Gasteiger partial charge on any atom is -0.469 e. The molecule has 1 aliphatic carbocycles. The topological polar surface area (TPSA) is 56.5 Å². The molecule has 2 heterocycles. The Kier molecular flexibility index (Phi) is 2.29. The van der Waals surface area contributed by atoms with Crippen LogP contribution in [0.3, 0.4) is 0 Å². The third-order valence-electron chi connectivity index (χ3n) is 3.17. The molecule has 0 saturated heterocycles. The van der Waals surface area contributed by atoms with Crippen LogP contribution in [0, 0.1) is 5.92 Å². The number of rotatable bonds is 1. The van der Waals surface area contributed by atoms with Crippen molar-refractivity contribution in [3.05, 3.63) is 28.8 Å². The van der Waals surface area contributed by atoms with Crippen LogP contribution in [0.15, 0.2) is 12.5 Å². The quantitative estimate of drug-likeness (QED) is 0.717. The summed E-state index contributed by atoms with van der Waals surface area (Å²) in [6.07, 6.45) is 4.65. The van der Waals surface area contributed by atoms with E-state index < -0.39 is 0 Å². The van der Waals surface area contributed by atoms with Gasteiger partial charge in [-0.2, -0.15) is 5.10 Å². The van der Waals surface area contributed by atoms with Crippen LogP contribution in [0.25, 0.3) is 5.52 Å². The highest BCUT2D eigenvalue weighted by Crippen LogP contribution is 2.33. The van der Waals surface area contributed by atoms with Gasteiger partial charge in [0.05, 0.1) is 13.0 Å². The van der Waals surface area contributed by atoms with Gasteiger partial charge in [-0.3, -0.25) is 4.79 Å². The van der Waals surface area contributed by atoms with Crippen molar-refractivity contribution in [2.75, 3.05) is 7.11 Å². The zero-order chi connectivity index (χ0) is 12.0. The van der Waals surface area contributed by atoms with Crippen LogP contribution < -0.4 is 0 Å². The predicted octanol–water partition coefficient (Wildman–Crippen LogP) is 1.27. The van der Waals surface area contributed by atoms with E-state index in [0.29, 0.717) is 18.0 Å². The Morgan fingerprint density at radius 1 is 1.59 bits per heavy atom. The summed E-state index contributed by atoms with van der Waals surface area (Å²) in [5, 5.41) is 4.52. The summed E-state index contributed by atoms with van der Waals surface area (Å²) in [6, 6.07) is 0. The molecule has 2 aromatic rings. The Morgan fingerprint density at radius 3 is 3.18 bits per heavy atom. The monoisotopic (exact) mass is 251 g/mol. The van der Waals surface area contributed by atoms with E-state index in [1.807, 2.05) is 6.20 Å². The number of fused-ring (bicyclic) bond motifs is 3. The van der Waals surface area contributed by atoms with Gasteiger partial charge in [0.25, 0.3) is 0 Å². The van der Waals surface area contributed by atoms with Gasteiger partial charge in [-0.05, 0) is 24.0 Å². The van der Waals surface area contributed by atoms with Gasteiger partial charge in [-0.1, -0.05) is 11.6 Å². The lowest BCUT2D eigenvalue weighted by molar-refractivity contribution is -0.145. The van der Waals surface area contributed by atoms with Crippen molar-refractivity contribution in [3.8, 4) is 0 Å². The maximum atomic E-state index is 11.5. The molecule has 2 aromatic heterocycles. The zero-order valence-electron chi connectivity index (χ0n) is 9.18. The Balaban J connectivity index is 2.08. The number of ether oxygens (including phenoxy) is 1. The lowest BCUT2D eigenvalue weighted by Gasteiger charge is -2.06. The highest BCUT2D eigenvalue weighted by Gasteiger charge is 2.31. The second-order valence-corrected chi connectivity index (χ2v) is 4.46. The van der Waals surface area contributed by atoms with Gasteiger partial charge in [-0.15, -0.1) is 0 Å². The van der Waals surface area contributed by atoms with E-state index in [9.17, 15) is 4.79 Å². The minimum absolute atomic E-state index is 0.105. The first-order valence-electron chi connectivity index (χ1n) is 5.28. The summed E-state index contributed by atoms with van der Waals surface area (Å²) in [6.45, 7) is 0. The summed E-state index contributed by atoms with van der Waals surface area (Å²) in [5.41, 5.74) is 2.96. The molecule has 1 aliphatic rings. The zero-order valence-corrected chi connectivity index (χ0v) is 9.94. The molecule has 0 amide bonds. The number of carbonyl (C=O) groups excluding carboxylic acids is 1. The minimum atomic E-state index is -0.174. The largest absolute Gasteiger partial charge is 0.469 e. The number of nitrogens with zero attached hydrogens (tertiary/aromatic N) is 3. The fourth-order valence-corrected chi connectivity index (χ4v) is 2.65. The van der Waals surface area contributed by atoms with Gasteiger partial charge >= 0.3 is 5.97 Å². The lowest BCUT2D eigenvalue weighted by atomic mass is 10.1. The molecule has 0 aliphatic heterocycles. The van der Waals surface area contributed by atoms with Crippen LogP contribution in [0.2, 0.25) is 5.15 Å². The van der Waals surface area contributed by atoms with Crippen LogP contribution in [-0.4, -0.2) is 27.7 Å². The van der Waals surface area contributed by atoms with Gasteiger partial charge in [-0.25, -0.2) is 9.50 Å². The lowest BCUT2D eigenvalue weighted by Crippen LogP contribution is -2.16. The fourth-order valence-electron chi connectivity index (χ4n) is 2.40. The molecule has 5 nitrogen and oxygen atoms in total. The summed E-state index contributed by atoms with van der Waals surface area (Å²) in [7, 11) is 1.41. The second-order valence-electron chi connectivity index (χ2n) is 4.11. The molecule has 0 bridgehead atoms. The molecule has 0 radical (unpaired) electrons. The van der Waals surface area contributed by atoms with E-state index in [1.165, 1.54) is 13.4 Å².